The van der Waals surface area contributed by atoms with E-state index in [9.17, 15) is 0 Å². The van der Waals surface area contributed by atoms with E-state index in [0.29, 0.717) is 0 Å². The van der Waals surface area contributed by atoms with Crippen LogP contribution >= 0.6 is 45.2 Å². The van der Waals surface area contributed by atoms with E-state index in [4.69, 9.17) is 0 Å². The summed E-state index contributed by atoms with van der Waals surface area (Å²) in [6.45, 7) is 0. The normalized spacial score (nSPS) is 10.1. The Morgan fingerprint density at radius 1 is 0.643 bits per heavy atom. The minimum Gasteiger partial charge on any atom is -0.231 e. The zero-order chi connectivity index (χ0) is 9.97. The van der Waals surface area contributed by atoms with Crippen molar-refractivity contribution in [3.8, 4) is 11.1 Å². The van der Waals surface area contributed by atoms with Crippen LogP contribution in [0.15, 0.2) is 24.8 Å². The smallest absolute Gasteiger partial charge is 0.190 e. The van der Waals surface area contributed by atoms with E-state index in [1.54, 1.807) is 24.8 Å². The molecule has 2 aromatic rings. The number of halogens is 2. The maximum Gasteiger partial charge on any atom is 0.190 e. The first kappa shape index (κ1) is 10.1. The van der Waals surface area contributed by atoms with Crippen molar-refractivity contribution in [2.24, 2.45) is 0 Å². The van der Waals surface area contributed by atoms with Crippen molar-refractivity contribution in [2.45, 2.75) is 0 Å². The van der Waals surface area contributed by atoms with Gasteiger partial charge in [0, 0.05) is 81.1 Å². The molecule has 0 aliphatic heterocycles. The number of rotatable bonds is 1. The minimum atomic E-state index is 0.734. The second-order valence-corrected chi connectivity index (χ2v) is 4.41. The summed E-state index contributed by atoms with van der Waals surface area (Å²) in [6, 6.07) is 0. The Bertz CT molecular complexity index is 383. The summed E-state index contributed by atoms with van der Waals surface area (Å²) < 4.78 is 1.47. The van der Waals surface area contributed by atoms with Crippen LogP contribution in [-0.2, 0) is 0 Å². The lowest BCUT2D eigenvalue weighted by Gasteiger charge is -1.98. The first-order valence-corrected chi connectivity index (χ1v) is 5.87. The van der Waals surface area contributed by atoms with Crippen molar-refractivity contribution in [2.75, 3.05) is 0 Å². The van der Waals surface area contributed by atoms with Gasteiger partial charge in [0.15, 0.2) is 7.66 Å². The molecule has 0 fully saturated rings. The number of hydrogen-bond acceptors (Lipinski definition) is 4. The molecule has 2 heterocycles. The molecule has 6 heteroatoms. The molecular weight excluding hydrogens is 406 g/mol. The van der Waals surface area contributed by atoms with E-state index < -0.39 is 0 Å². The molecule has 0 atom stereocenters. The standard InChI is InChI=1S/C8H4I2N4/c9-7-11-1-5(2-12-7)6-3-13-8(10)14-4-6/h1-4H. The lowest BCUT2D eigenvalue weighted by molar-refractivity contribution is 1.08. The molecule has 0 N–H and O–H groups in total. The predicted octanol–water partition coefficient (Wildman–Crippen LogP) is 2.14. The fourth-order valence-electron chi connectivity index (χ4n) is 0.923. The molecule has 2 rings (SSSR count). The van der Waals surface area contributed by atoms with Crippen LogP contribution in [0, 0.1) is 7.66 Å². The van der Waals surface area contributed by atoms with Gasteiger partial charge in [-0.05, 0) is 0 Å². The summed E-state index contributed by atoms with van der Waals surface area (Å²) in [5.41, 5.74) is 1.86. The van der Waals surface area contributed by atoms with Gasteiger partial charge in [0.05, 0.1) is 0 Å². The average molecular weight is 410 g/mol. The van der Waals surface area contributed by atoms with Crippen molar-refractivity contribution < 1.29 is 0 Å². The van der Waals surface area contributed by atoms with Crippen LogP contribution in [0.3, 0.4) is 0 Å². The van der Waals surface area contributed by atoms with Gasteiger partial charge in [0.25, 0.3) is 0 Å². The van der Waals surface area contributed by atoms with Crippen LogP contribution < -0.4 is 0 Å². The summed E-state index contributed by atoms with van der Waals surface area (Å²) >= 11 is 4.13. The fourth-order valence-corrected chi connectivity index (χ4v) is 1.48. The highest BCUT2D eigenvalue weighted by Gasteiger charge is 1.99. The molecule has 2 aromatic heterocycles. The molecule has 0 radical (unpaired) electrons. The van der Waals surface area contributed by atoms with Gasteiger partial charge >= 0.3 is 0 Å². The van der Waals surface area contributed by atoms with E-state index in [0.717, 1.165) is 18.8 Å². The van der Waals surface area contributed by atoms with Gasteiger partial charge in [0.2, 0.25) is 0 Å². The third-order valence-electron chi connectivity index (χ3n) is 1.57. The Hall–Kier alpha value is -0.380. The highest BCUT2D eigenvalue weighted by molar-refractivity contribution is 14.1. The summed E-state index contributed by atoms with van der Waals surface area (Å²) in [6.07, 6.45) is 7.06. The number of aromatic nitrogens is 4. The zero-order valence-corrected chi connectivity index (χ0v) is 11.2. The van der Waals surface area contributed by atoms with Gasteiger partial charge in [-0.3, -0.25) is 0 Å². The minimum absolute atomic E-state index is 0.734. The van der Waals surface area contributed by atoms with Crippen molar-refractivity contribution in [1.29, 1.82) is 0 Å². The second kappa shape index (κ2) is 4.43. The molecule has 4 nitrogen and oxygen atoms in total. The van der Waals surface area contributed by atoms with Gasteiger partial charge in [-0.2, -0.15) is 0 Å². The second-order valence-electron chi connectivity index (χ2n) is 2.48. The third-order valence-corrected chi connectivity index (χ3v) is 2.69. The Kier molecular flexibility index (Phi) is 3.21. The number of nitrogens with zero attached hydrogens (tertiary/aromatic N) is 4. The van der Waals surface area contributed by atoms with E-state index in [1.807, 2.05) is 0 Å². The highest BCUT2D eigenvalue weighted by atomic mass is 127. The van der Waals surface area contributed by atoms with Gasteiger partial charge in [-0.25, -0.2) is 19.9 Å². The number of hydrogen-bond donors (Lipinski definition) is 0. The topological polar surface area (TPSA) is 51.6 Å². The van der Waals surface area contributed by atoms with E-state index in [2.05, 4.69) is 65.1 Å². The largest absolute Gasteiger partial charge is 0.231 e. The quantitative estimate of drug-likeness (QED) is 0.535. The average Bonchev–Trinajstić information content (AvgIpc) is 2.21. The molecule has 0 aliphatic carbocycles. The van der Waals surface area contributed by atoms with E-state index in [-0.39, 0.29) is 0 Å². The van der Waals surface area contributed by atoms with Crippen LogP contribution in [0.1, 0.15) is 0 Å². The molecule has 0 spiro atoms. The lowest BCUT2D eigenvalue weighted by atomic mass is 10.2. The molecule has 70 valence electrons. The van der Waals surface area contributed by atoms with Crippen LogP contribution in [0.2, 0.25) is 0 Å². The zero-order valence-electron chi connectivity index (χ0n) is 6.85. The summed E-state index contributed by atoms with van der Waals surface area (Å²) in [5.74, 6) is 0. The highest BCUT2D eigenvalue weighted by Crippen LogP contribution is 2.15. The molecular formula is C8H4I2N4. The maximum absolute atomic E-state index is 4.10. The SMILES string of the molecule is Ic1ncc(-c2cnc(I)nc2)cn1. The summed E-state index contributed by atoms with van der Waals surface area (Å²) in [7, 11) is 0. The molecule has 0 bridgehead atoms. The van der Waals surface area contributed by atoms with Gasteiger partial charge in [0.1, 0.15) is 0 Å². The van der Waals surface area contributed by atoms with Crippen LogP contribution in [0.25, 0.3) is 11.1 Å². The Morgan fingerprint density at radius 3 is 1.21 bits per heavy atom. The van der Waals surface area contributed by atoms with Crippen molar-refractivity contribution in [3.63, 3.8) is 0 Å². The Balaban J connectivity index is 2.40. The molecule has 0 aromatic carbocycles. The fraction of sp³-hybridized carbons (Fsp3) is 0. The summed E-state index contributed by atoms with van der Waals surface area (Å²) in [4.78, 5) is 16.4. The monoisotopic (exact) mass is 410 g/mol. The first-order chi connectivity index (χ1) is 6.75. The molecule has 14 heavy (non-hydrogen) atoms. The maximum atomic E-state index is 4.10. The molecule has 0 saturated carbocycles. The van der Waals surface area contributed by atoms with Gasteiger partial charge in [-0.15, -0.1) is 0 Å². The van der Waals surface area contributed by atoms with Gasteiger partial charge in [-0.1, -0.05) is 0 Å². The third kappa shape index (κ3) is 2.35. The van der Waals surface area contributed by atoms with Crippen molar-refractivity contribution in [1.82, 2.24) is 19.9 Å². The van der Waals surface area contributed by atoms with Gasteiger partial charge < -0.3 is 0 Å². The molecule has 0 saturated heterocycles. The molecule has 0 amide bonds. The summed E-state index contributed by atoms with van der Waals surface area (Å²) in [5, 5.41) is 0. The van der Waals surface area contributed by atoms with Crippen LogP contribution in [-0.4, -0.2) is 19.9 Å². The van der Waals surface area contributed by atoms with Crippen LogP contribution in [0.4, 0.5) is 0 Å². The van der Waals surface area contributed by atoms with E-state index in [1.165, 1.54) is 0 Å². The van der Waals surface area contributed by atoms with E-state index >= 15 is 0 Å². The molecule has 0 aliphatic rings. The van der Waals surface area contributed by atoms with Crippen LogP contribution in [0.5, 0.6) is 0 Å². The predicted molar refractivity (Wildman–Crippen MR) is 68.5 cm³/mol. The Morgan fingerprint density at radius 2 is 0.929 bits per heavy atom. The Labute approximate surface area is 108 Å². The van der Waals surface area contributed by atoms with Crippen molar-refractivity contribution in [3.05, 3.63) is 32.4 Å². The van der Waals surface area contributed by atoms with Crippen molar-refractivity contribution >= 4 is 45.2 Å². The molecule has 0 unspecified atom stereocenters. The first-order valence-electron chi connectivity index (χ1n) is 3.71. The lowest BCUT2D eigenvalue weighted by Crippen LogP contribution is -1.90.